The van der Waals surface area contributed by atoms with E-state index >= 15 is 0 Å². The van der Waals surface area contributed by atoms with Crippen LogP contribution in [0.3, 0.4) is 0 Å². The van der Waals surface area contributed by atoms with E-state index in [-0.39, 0.29) is 5.54 Å². The molecule has 0 aromatic heterocycles. The van der Waals surface area contributed by atoms with Gasteiger partial charge in [0, 0.05) is 7.11 Å². The molecule has 0 N–H and O–H groups in total. The molecule has 0 aliphatic carbocycles. The molecule has 0 spiro atoms. The third kappa shape index (κ3) is 22.1. The van der Waals surface area contributed by atoms with Crippen molar-refractivity contribution in [2.75, 3.05) is 33.5 Å². The van der Waals surface area contributed by atoms with Gasteiger partial charge in [-0.05, 0) is 6.73 Å². The Morgan fingerprint density at radius 3 is 2.14 bits per heavy atom. The van der Waals surface area contributed by atoms with Gasteiger partial charge in [0.2, 0.25) is 0 Å². The first-order chi connectivity index (χ1) is 10.4. The zero-order valence-electron chi connectivity index (χ0n) is 15.0. The van der Waals surface area contributed by atoms with Gasteiger partial charge in [-0.1, -0.05) is 20.3 Å². The summed E-state index contributed by atoms with van der Waals surface area (Å²) in [4.78, 5) is 0. The summed E-state index contributed by atoms with van der Waals surface area (Å²) in [7, 11) is 1.64. The molecule has 4 nitrogen and oxygen atoms in total. The van der Waals surface area contributed by atoms with Crippen molar-refractivity contribution in [1.82, 2.24) is 0 Å². The van der Waals surface area contributed by atoms with E-state index in [9.17, 15) is 0 Å². The van der Waals surface area contributed by atoms with Crippen LogP contribution in [0.25, 0.3) is 10.6 Å². The van der Waals surface area contributed by atoms with E-state index in [1.165, 1.54) is 5.56 Å². The molecule has 0 fully saturated rings. The van der Waals surface area contributed by atoms with Gasteiger partial charge in [-0.3, -0.25) is 0 Å². The van der Waals surface area contributed by atoms with Gasteiger partial charge in [0.25, 0.3) is 0 Å². The third-order valence-electron chi connectivity index (χ3n) is 2.26. The van der Waals surface area contributed by atoms with Gasteiger partial charge in [0.1, 0.15) is 0 Å². The molecule has 0 saturated carbocycles. The molecule has 0 aliphatic rings. The Balaban J connectivity index is 0. The third-order valence-corrected chi connectivity index (χ3v) is 4.41. The van der Waals surface area contributed by atoms with Crippen LogP contribution < -0.4 is 0 Å². The van der Waals surface area contributed by atoms with Gasteiger partial charge in [-0.2, -0.15) is 30.8 Å². The van der Waals surface area contributed by atoms with E-state index in [4.69, 9.17) is 0 Å². The zero-order valence-corrected chi connectivity index (χ0v) is 18.3. The first kappa shape index (κ1) is 24.0. The summed E-state index contributed by atoms with van der Waals surface area (Å²) in [6, 6.07) is 8.43. The molecule has 0 bridgehead atoms. The maximum atomic E-state index is 4.62. The van der Waals surface area contributed by atoms with Crippen LogP contribution in [-0.4, -0.2) is 39.0 Å². The van der Waals surface area contributed by atoms with Crippen LogP contribution in [0.15, 0.2) is 27.6 Å². The smallest absolute Gasteiger partial charge is 0.0331 e. The van der Waals surface area contributed by atoms with Crippen molar-refractivity contribution in [3.05, 3.63) is 40.5 Å². The van der Waals surface area contributed by atoms with Gasteiger partial charge < -0.3 is 15.4 Å². The topological polar surface area (TPSA) is 49.8 Å². The minimum atomic E-state index is 0.216. The van der Waals surface area contributed by atoms with E-state index in [2.05, 4.69) is 70.7 Å². The van der Waals surface area contributed by atoms with Gasteiger partial charge >= 0.3 is 50.5 Å². The Morgan fingerprint density at radius 1 is 1.23 bits per heavy atom. The van der Waals surface area contributed by atoms with Crippen molar-refractivity contribution in [2.24, 2.45) is 3.34 Å². The van der Waals surface area contributed by atoms with E-state index in [1.807, 2.05) is 6.92 Å². The molecule has 0 atom stereocenters. The summed E-state index contributed by atoms with van der Waals surface area (Å²) in [5, 5.41) is 8.11. The average molecular weight is 475 g/mol. The molecule has 0 radical (unpaired) electrons. The van der Waals surface area contributed by atoms with Crippen molar-refractivity contribution in [3.8, 4) is 0 Å². The summed E-state index contributed by atoms with van der Waals surface area (Å²) in [6.07, 6.45) is 1.10. The summed E-state index contributed by atoms with van der Waals surface area (Å²) in [5.41, 5.74) is 1.62. The van der Waals surface area contributed by atoms with Gasteiger partial charge in [0.15, 0.2) is 0 Å². The summed E-state index contributed by atoms with van der Waals surface area (Å²) >= 11 is 1.15. The van der Waals surface area contributed by atoms with Crippen LogP contribution >= 0.6 is 0 Å². The largest absolute Gasteiger partial charge is 0.662 e. The second-order valence-corrected chi connectivity index (χ2v) is 6.25. The van der Waals surface area contributed by atoms with Crippen molar-refractivity contribution in [2.45, 2.75) is 46.6 Å². The monoisotopic (exact) mass is 475 g/mol. The molecular formula is C17H32N3OTa-3. The Hall–Kier alpha value is -0.230. The number of hydrogen-bond acceptors (Lipinski definition) is 2. The zero-order chi connectivity index (χ0) is 17.3. The van der Waals surface area contributed by atoms with Crippen molar-refractivity contribution in [1.29, 1.82) is 0 Å². The molecule has 0 unspecified atom stereocenters. The van der Waals surface area contributed by atoms with Crippen LogP contribution in [-0.2, 0) is 32.0 Å². The fourth-order valence-corrected chi connectivity index (χ4v) is 1.13. The molecule has 129 valence electrons. The number of likely N-dealkylation sites (N-methyl/N-ethyl adjacent to an activating group) is 1. The quantitative estimate of drug-likeness (QED) is 0.411. The van der Waals surface area contributed by atoms with Crippen molar-refractivity contribution >= 4 is 0 Å². The van der Waals surface area contributed by atoms with Crippen LogP contribution in [0.4, 0.5) is 0 Å². The molecule has 0 heterocycles. The summed E-state index contributed by atoms with van der Waals surface area (Å²) < 4.78 is 8.75. The summed E-state index contributed by atoms with van der Waals surface area (Å²) in [6.45, 7) is 13.7. The molecule has 5 heteroatoms. The molecule has 0 aliphatic heterocycles. The molecule has 0 amide bonds. The van der Waals surface area contributed by atoms with Crippen LogP contribution in [0.2, 0.25) is 0 Å². The maximum absolute atomic E-state index is 4.62. The molecule has 22 heavy (non-hydrogen) atoms. The fraction of sp³-hybridized carbons (Fsp3) is 0.706. The van der Waals surface area contributed by atoms with Crippen LogP contribution in [0, 0.1) is 0 Å². The summed E-state index contributed by atoms with van der Waals surface area (Å²) in [5.74, 6) is 0. The molecule has 1 rings (SSSR count). The number of rotatable bonds is 7. The Kier molecular flexibility index (Phi) is 18.7. The maximum Gasteiger partial charge on any atom is 0.0331 e. The van der Waals surface area contributed by atoms with Gasteiger partial charge in [-0.15, -0.1) is 6.54 Å². The van der Waals surface area contributed by atoms with Crippen LogP contribution in [0.5, 0.6) is 0 Å². The number of nitrogens with zero attached hydrogens (tertiary/aromatic N) is 3. The predicted molar refractivity (Wildman–Crippen MR) is 92.5 cm³/mol. The SMILES string of the molecule is CC(C)(C)[N]=[Ta].CC[N-]CCc1ccc[cH-]1.CC[N-]COC. The number of ether oxygens (including phenoxy) is 1. The van der Waals surface area contributed by atoms with E-state index < -0.39 is 0 Å². The second kappa shape index (κ2) is 17.1. The van der Waals surface area contributed by atoms with Crippen LogP contribution in [0.1, 0.15) is 40.2 Å². The fourth-order valence-electron chi connectivity index (χ4n) is 1.13. The first-order valence-electron chi connectivity index (χ1n) is 7.73. The van der Waals surface area contributed by atoms with Gasteiger partial charge in [-0.25, -0.2) is 12.1 Å². The van der Waals surface area contributed by atoms with E-state index in [0.717, 1.165) is 46.9 Å². The second-order valence-electron chi connectivity index (χ2n) is 5.54. The number of hydrogen-bond donors (Lipinski definition) is 0. The van der Waals surface area contributed by atoms with Gasteiger partial charge in [0.05, 0.1) is 0 Å². The minimum absolute atomic E-state index is 0.216. The normalized spacial score (nSPS) is 10.0. The minimum Gasteiger partial charge on any atom is -0.662 e. The van der Waals surface area contributed by atoms with E-state index in [1.54, 1.807) is 7.11 Å². The molecule has 1 aromatic rings. The van der Waals surface area contributed by atoms with Crippen molar-refractivity contribution in [3.63, 3.8) is 0 Å². The number of methoxy groups -OCH3 is 1. The Bertz CT molecular complexity index is 317. The molecule has 0 saturated heterocycles. The Labute approximate surface area is 149 Å². The molecular weight excluding hydrogens is 443 g/mol. The predicted octanol–water partition coefficient (Wildman–Crippen LogP) is 4.84. The Morgan fingerprint density at radius 2 is 1.82 bits per heavy atom. The standard InChI is InChI=1S/C9H13N.C4H10NO.C4H9N.Ta/c1-2-10-8-7-9-5-3-4-6-9;1-3-5-4-6-2;1-4(2,3)5;/h3-6H,2,7-8H2,1H3;3-4H2,1-2H3;1-3H3;/q-2;-1;;. The average Bonchev–Trinajstić information content (AvgIpc) is 2.99. The van der Waals surface area contributed by atoms with E-state index in [0.29, 0.717) is 6.73 Å². The first-order valence-corrected chi connectivity index (χ1v) is 9.17. The molecule has 1 aromatic carbocycles. The van der Waals surface area contributed by atoms with Crippen molar-refractivity contribution < 1.29 is 25.6 Å².